The Labute approximate surface area is 235 Å². The molecular weight excluding hydrogens is 510 g/mol. The molecule has 0 radical (unpaired) electrons. The second-order valence-electron chi connectivity index (χ2n) is 9.94. The molecule has 208 valence electrons. The SMILES string of the molecule is CCCCSc1nc2n(n1)C(c1ccc(OC(C)C)c(OCC)c1)C(C(=O)Nc1cccc(C)c1C)=C(C)N2. The topological polar surface area (TPSA) is 90.3 Å². The van der Waals surface area contributed by atoms with Crippen molar-refractivity contribution in [2.24, 2.45) is 0 Å². The molecule has 8 nitrogen and oxygen atoms in total. The highest BCUT2D eigenvalue weighted by Crippen LogP contribution is 2.40. The number of hydrogen-bond acceptors (Lipinski definition) is 7. The number of unbranched alkanes of at least 4 members (excludes halogenated alkanes) is 1. The van der Waals surface area contributed by atoms with Gasteiger partial charge in [-0.2, -0.15) is 4.98 Å². The van der Waals surface area contributed by atoms with Gasteiger partial charge >= 0.3 is 0 Å². The number of ether oxygens (including phenoxy) is 2. The number of nitrogens with one attached hydrogen (secondary N) is 2. The van der Waals surface area contributed by atoms with E-state index in [1.54, 1.807) is 11.8 Å². The van der Waals surface area contributed by atoms with Crippen LogP contribution in [-0.2, 0) is 4.79 Å². The van der Waals surface area contributed by atoms with E-state index in [2.05, 4.69) is 17.6 Å². The number of rotatable bonds is 11. The van der Waals surface area contributed by atoms with E-state index in [0.717, 1.165) is 46.7 Å². The Morgan fingerprint density at radius 2 is 1.95 bits per heavy atom. The van der Waals surface area contributed by atoms with E-state index in [0.29, 0.717) is 34.8 Å². The fourth-order valence-corrected chi connectivity index (χ4v) is 5.41. The molecule has 1 unspecified atom stereocenters. The van der Waals surface area contributed by atoms with Gasteiger partial charge in [0.1, 0.15) is 6.04 Å². The van der Waals surface area contributed by atoms with Gasteiger partial charge in [-0.1, -0.05) is 43.3 Å². The maximum absolute atomic E-state index is 13.9. The number of carbonyl (C=O) groups is 1. The minimum absolute atomic E-state index is 0.000365. The molecule has 1 aliphatic heterocycles. The van der Waals surface area contributed by atoms with Crippen molar-refractivity contribution < 1.29 is 14.3 Å². The van der Waals surface area contributed by atoms with E-state index in [-0.39, 0.29) is 12.0 Å². The van der Waals surface area contributed by atoms with Crippen molar-refractivity contribution >= 4 is 29.3 Å². The molecule has 0 fully saturated rings. The largest absolute Gasteiger partial charge is 0.490 e. The van der Waals surface area contributed by atoms with Crippen LogP contribution in [0.25, 0.3) is 0 Å². The molecule has 1 atom stereocenters. The molecule has 1 amide bonds. The Hall–Kier alpha value is -3.46. The number of nitrogens with zero attached hydrogens (tertiary/aromatic N) is 3. The summed E-state index contributed by atoms with van der Waals surface area (Å²) in [6, 6.07) is 11.2. The molecule has 1 aliphatic rings. The Kier molecular flexibility index (Phi) is 9.22. The van der Waals surface area contributed by atoms with Crippen LogP contribution in [0.3, 0.4) is 0 Å². The van der Waals surface area contributed by atoms with Gasteiger partial charge in [0.2, 0.25) is 11.1 Å². The summed E-state index contributed by atoms with van der Waals surface area (Å²) in [5.41, 5.74) is 5.10. The van der Waals surface area contributed by atoms with Crippen LogP contribution in [-0.4, -0.2) is 39.1 Å². The molecule has 4 rings (SSSR count). The summed E-state index contributed by atoms with van der Waals surface area (Å²) in [5.74, 6) is 2.66. The highest BCUT2D eigenvalue weighted by atomic mass is 32.2. The minimum atomic E-state index is -0.508. The maximum atomic E-state index is 13.9. The van der Waals surface area contributed by atoms with E-state index in [9.17, 15) is 4.79 Å². The van der Waals surface area contributed by atoms with Gasteiger partial charge < -0.3 is 20.1 Å². The van der Waals surface area contributed by atoms with E-state index in [1.165, 1.54) is 0 Å². The van der Waals surface area contributed by atoms with Gasteiger partial charge in [0, 0.05) is 17.1 Å². The molecule has 39 heavy (non-hydrogen) atoms. The molecule has 2 N–H and O–H groups in total. The fourth-order valence-electron chi connectivity index (χ4n) is 4.49. The van der Waals surface area contributed by atoms with Crippen LogP contribution in [0.5, 0.6) is 11.5 Å². The summed E-state index contributed by atoms with van der Waals surface area (Å²) >= 11 is 1.63. The van der Waals surface area contributed by atoms with Gasteiger partial charge in [-0.05, 0) is 82.9 Å². The zero-order chi connectivity index (χ0) is 28.1. The molecule has 9 heteroatoms. The molecule has 0 saturated heterocycles. The number of carbonyl (C=O) groups excluding carboxylic acids is 1. The highest BCUT2D eigenvalue weighted by Gasteiger charge is 2.35. The molecule has 0 aliphatic carbocycles. The van der Waals surface area contributed by atoms with Gasteiger partial charge in [0.15, 0.2) is 11.5 Å². The van der Waals surface area contributed by atoms with Crippen molar-refractivity contribution in [1.82, 2.24) is 14.8 Å². The summed E-state index contributed by atoms with van der Waals surface area (Å²) in [6.07, 6.45) is 2.19. The second-order valence-corrected chi connectivity index (χ2v) is 11.0. The van der Waals surface area contributed by atoms with Gasteiger partial charge in [0.05, 0.1) is 18.3 Å². The molecule has 0 saturated carbocycles. The first-order valence-electron chi connectivity index (χ1n) is 13.6. The number of thioether (sulfide) groups is 1. The van der Waals surface area contributed by atoms with Crippen LogP contribution in [0.2, 0.25) is 0 Å². The van der Waals surface area contributed by atoms with Crippen LogP contribution in [0.4, 0.5) is 11.6 Å². The van der Waals surface area contributed by atoms with Gasteiger partial charge in [0.25, 0.3) is 5.91 Å². The Morgan fingerprint density at radius 3 is 2.67 bits per heavy atom. The van der Waals surface area contributed by atoms with Crippen molar-refractivity contribution in [3.05, 3.63) is 64.4 Å². The highest BCUT2D eigenvalue weighted by molar-refractivity contribution is 7.99. The quantitative estimate of drug-likeness (QED) is 0.199. The molecule has 0 spiro atoms. The number of allylic oxidation sites excluding steroid dienone is 1. The number of aryl methyl sites for hydroxylation is 1. The van der Waals surface area contributed by atoms with Crippen molar-refractivity contribution in [3.63, 3.8) is 0 Å². The first kappa shape index (κ1) is 28.5. The molecule has 2 heterocycles. The zero-order valence-electron chi connectivity index (χ0n) is 23.9. The minimum Gasteiger partial charge on any atom is -0.490 e. The van der Waals surface area contributed by atoms with Crippen molar-refractivity contribution in [2.45, 2.75) is 78.6 Å². The lowest BCUT2D eigenvalue weighted by Crippen LogP contribution is -2.31. The number of aromatic nitrogens is 3. The van der Waals surface area contributed by atoms with Crippen LogP contribution in [0.1, 0.15) is 70.2 Å². The zero-order valence-corrected chi connectivity index (χ0v) is 24.7. The van der Waals surface area contributed by atoms with Crippen LogP contribution in [0.15, 0.2) is 52.8 Å². The fraction of sp³-hybridized carbons (Fsp3) is 0.433. The standard InChI is InChI=1S/C30H39N5O3S/c1-8-10-16-39-30-33-29-31-21(7)26(28(36)32-23-13-11-12-19(5)20(23)6)27(35(29)34-30)22-14-15-24(38-18(3)4)25(17-22)37-9-2/h11-15,17-18,27H,8-10,16H2,1-7H3,(H,32,36)(H,31,33,34). The van der Waals surface area contributed by atoms with E-state index in [4.69, 9.17) is 19.6 Å². The van der Waals surface area contributed by atoms with Crippen molar-refractivity contribution in [1.29, 1.82) is 0 Å². The van der Waals surface area contributed by atoms with Crippen LogP contribution < -0.4 is 20.1 Å². The molecule has 3 aromatic rings. The normalized spacial score (nSPS) is 14.7. The third-order valence-electron chi connectivity index (χ3n) is 6.61. The number of fused-ring (bicyclic) bond motifs is 1. The van der Waals surface area contributed by atoms with E-state index in [1.807, 2.05) is 82.6 Å². The lowest BCUT2D eigenvalue weighted by atomic mass is 9.94. The summed E-state index contributed by atoms with van der Waals surface area (Å²) in [5, 5.41) is 12.0. The Balaban J connectivity index is 1.79. The molecular formula is C30H39N5O3S. The van der Waals surface area contributed by atoms with Gasteiger partial charge in [-0.15, -0.1) is 5.10 Å². The Bertz CT molecular complexity index is 1360. The summed E-state index contributed by atoms with van der Waals surface area (Å²) in [4.78, 5) is 18.7. The van der Waals surface area contributed by atoms with Crippen molar-refractivity contribution in [3.8, 4) is 11.5 Å². The van der Waals surface area contributed by atoms with Crippen molar-refractivity contribution in [2.75, 3.05) is 23.0 Å². The number of hydrogen-bond donors (Lipinski definition) is 2. The van der Waals surface area contributed by atoms with Crippen LogP contribution in [0, 0.1) is 13.8 Å². The predicted octanol–water partition coefficient (Wildman–Crippen LogP) is 6.90. The first-order valence-corrected chi connectivity index (χ1v) is 14.6. The van der Waals surface area contributed by atoms with Crippen LogP contribution >= 0.6 is 11.8 Å². The molecule has 1 aromatic heterocycles. The monoisotopic (exact) mass is 549 g/mol. The average molecular weight is 550 g/mol. The number of amides is 1. The smallest absolute Gasteiger partial charge is 0.255 e. The van der Waals surface area contributed by atoms with E-state index < -0.39 is 6.04 Å². The number of benzene rings is 2. The average Bonchev–Trinajstić information content (AvgIpc) is 3.29. The maximum Gasteiger partial charge on any atom is 0.255 e. The number of anilines is 2. The van der Waals surface area contributed by atoms with Gasteiger partial charge in [-0.3, -0.25) is 4.79 Å². The van der Waals surface area contributed by atoms with E-state index >= 15 is 0 Å². The third-order valence-corrected chi connectivity index (χ3v) is 7.53. The lowest BCUT2D eigenvalue weighted by molar-refractivity contribution is -0.113. The predicted molar refractivity (Wildman–Crippen MR) is 158 cm³/mol. The summed E-state index contributed by atoms with van der Waals surface area (Å²) in [7, 11) is 0. The van der Waals surface area contributed by atoms with Gasteiger partial charge in [-0.25, -0.2) is 4.68 Å². The first-order chi connectivity index (χ1) is 18.7. The molecule has 2 aromatic carbocycles. The molecule has 0 bridgehead atoms. The lowest BCUT2D eigenvalue weighted by Gasteiger charge is -2.29. The Morgan fingerprint density at radius 1 is 1.15 bits per heavy atom. The summed E-state index contributed by atoms with van der Waals surface area (Å²) < 4.78 is 13.8. The second kappa shape index (κ2) is 12.6. The third kappa shape index (κ3) is 6.41. The summed E-state index contributed by atoms with van der Waals surface area (Å²) in [6.45, 7) is 14.5.